The van der Waals surface area contributed by atoms with Gasteiger partial charge >= 0.3 is 0 Å². The number of aromatic nitrogens is 5. The molecule has 4 N–H and O–H groups in total. The SMILES string of the molecule is Cc1cccnc1CNC(C)c1nc(N)c2[nH]cnc2n1. The summed E-state index contributed by atoms with van der Waals surface area (Å²) in [6.07, 6.45) is 3.35. The van der Waals surface area contributed by atoms with Crippen molar-refractivity contribution in [3.05, 3.63) is 41.7 Å². The van der Waals surface area contributed by atoms with E-state index in [4.69, 9.17) is 5.73 Å². The van der Waals surface area contributed by atoms with Crippen LogP contribution in [0.3, 0.4) is 0 Å². The summed E-state index contributed by atoms with van der Waals surface area (Å²) in [5.41, 5.74) is 9.33. The van der Waals surface area contributed by atoms with Gasteiger partial charge in [-0.15, -0.1) is 0 Å². The highest BCUT2D eigenvalue weighted by molar-refractivity contribution is 5.80. The van der Waals surface area contributed by atoms with E-state index in [2.05, 4.69) is 30.2 Å². The monoisotopic (exact) mass is 283 g/mol. The predicted octanol–water partition coefficient (Wildman–Crippen LogP) is 1.49. The fourth-order valence-corrected chi connectivity index (χ4v) is 2.11. The summed E-state index contributed by atoms with van der Waals surface area (Å²) in [7, 11) is 0. The highest BCUT2D eigenvalue weighted by atomic mass is 15.1. The molecule has 0 fully saturated rings. The van der Waals surface area contributed by atoms with Crippen LogP contribution in [0.25, 0.3) is 11.2 Å². The lowest BCUT2D eigenvalue weighted by atomic mass is 10.2. The maximum atomic E-state index is 5.91. The number of H-pyrrole nitrogens is 1. The molecule has 21 heavy (non-hydrogen) atoms. The largest absolute Gasteiger partial charge is 0.382 e. The minimum absolute atomic E-state index is 0.0465. The van der Waals surface area contributed by atoms with E-state index in [9.17, 15) is 0 Å². The number of hydrogen-bond acceptors (Lipinski definition) is 6. The molecule has 0 bridgehead atoms. The first-order valence-electron chi connectivity index (χ1n) is 6.75. The van der Waals surface area contributed by atoms with Gasteiger partial charge in [0.15, 0.2) is 11.5 Å². The molecule has 1 atom stereocenters. The van der Waals surface area contributed by atoms with Crippen molar-refractivity contribution in [3.8, 4) is 0 Å². The molecule has 0 aliphatic heterocycles. The van der Waals surface area contributed by atoms with Crippen LogP contribution >= 0.6 is 0 Å². The number of nitrogen functional groups attached to an aromatic ring is 1. The number of anilines is 1. The molecule has 0 aliphatic carbocycles. The Morgan fingerprint density at radius 3 is 3.00 bits per heavy atom. The van der Waals surface area contributed by atoms with Crippen molar-refractivity contribution in [2.75, 3.05) is 5.73 Å². The number of imidazole rings is 1. The Kier molecular flexibility index (Phi) is 3.49. The van der Waals surface area contributed by atoms with Crippen LogP contribution in [0.15, 0.2) is 24.7 Å². The molecule has 7 nitrogen and oxygen atoms in total. The van der Waals surface area contributed by atoms with Gasteiger partial charge in [0.1, 0.15) is 11.3 Å². The predicted molar refractivity (Wildman–Crippen MR) is 80.3 cm³/mol. The lowest BCUT2D eigenvalue weighted by Gasteiger charge is -2.13. The second-order valence-corrected chi connectivity index (χ2v) is 4.94. The smallest absolute Gasteiger partial charge is 0.183 e. The molecule has 3 aromatic rings. The van der Waals surface area contributed by atoms with E-state index in [0.717, 1.165) is 11.3 Å². The summed E-state index contributed by atoms with van der Waals surface area (Å²) < 4.78 is 0. The van der Waals surface area contributed by atoms with Gasteiger partial charge in [-0.1, -0.05) is 6.07 Å². The third kappa shape index (κ3) is 2.68. The summed E-state index contributed by atoms with van der Waals surface area (Å²) in [5.74, 6) is 1.04. The van der Waals surface area contributed by atoms with Crippen molar-refractivity contribution in [3.63, 3.8) is 0 Å². The molecule has 0 radical (unpaired) electrons. The third-order valence-electron chi connectivity index (χ3n) is 3.41. The molecule has 3 rings (SSSR count). The lowest BCUT2D eigenvalue weighted by molar-refractivity contribution is 0.541. The Hall–Kier alpha value is -2.54. The van der Waals surface area contributed by atoms with E-state index in [0.29, 0.717) is 29.4 Å². The fourth-order valence-electron chi connectivity index (χ4n) is 2.11. The van der Waals surface area contributed by atoms with Gasteiger partial charge < -0.3 is 16.0 Å². The van der Waals surface area contributed by atoms with Gasteiger partial charge in [0.25, 0.3) is 0 Å². The van der Waals surface area contributed by atoms with Gasteiger partial charge in [-0.2, -0.15) is 0 Å². The highest BCUT2D eigenvalue weighted by Gasteiger charge is 2.13. The van der Waals surface area contributed by atoms with Crippen molar-refractivity contribution in [2.45, 2.75) is 26.4 Å². The molecular formula is C14H17N7. The third-order valence-corrected chi connectivity index (χ3v) is 3.41. The molecule has 0 aromatic carbocycles. The average molecular weight is 283 g/mol. The highest BCUT2D eigenvalue weighted by Crippen LogP contribution is 2.17. The zero-order valence-corrected chi connectivity index (χ0v) is 12.0. The summed E-state index contributed by atoms with van der Waals surface area (Å²) in [4.78, 5) is 20.1. The first-order valence-corrected chi connectivity index (χ1v) is 6.75. The summed E-state index contributed by atoms with van der Waals surface area (Å²) >= 11 is 0. The van der Waals surface area contributed by atoms with Gasteiger partial charge in [-0.25, -0.2) is 15.0 Å². The van der Waals surface area contributed by atoms with E-state index in [1.54, 1.807) is 12.5 Å². The first kappa shape index (κ1) is 13.4. The molecule has 0 saturated carbocycles. The number of fused-ring (bicyclic) bond motifs is 1. The Labute approximate surface area is 122 Å². The van der Waals surface area contributed by atoms with Crippen molar-refractivity contribution < 1.29 is 0 Å². The molecule has 7 heteroatoms. The zero-order chi connectivity index (χ0) is 14.8. The average Bonchev–Trinajstić information content (AvgIpc) is 2.95. The van der Waals surface area contributed by atoms with Gasteiger partial charge in [0.05, 0.1) is 18.1 Å². The number of aryl methyl sites for hydroxylation is 1. The molecule has 1 unspecified atom stereocenters. The van der Waals surface area contributed by atoms with E-state index in [-0.39, 0.29) is 6.04 Å². The molecule has 108 valence electrons. The minimum Gasteiger partial charge on any atom is -0.382 e. The molecular weight excluding hydrogens is 266 g/mol. The Morgan fingerprint density at radius 1 is 1.33 bits per heavy atom. The van der Waals surface area contributed by atoms with Gasteiger partial charge in [0, 0.05) is 12.7 Å². The van der Waals surface area contributed by atoms with Crippen LogP contribution in [-0.2, 0) is 6.54 Å². The van der Waals surface area contributed by atoms with Crippen molar-refractivity contribution >= 4 is 17.0 Å². The molecule has 3 heterocycles. The number of nitrogens with zero attached hydrogens (tertiary/aromatic N) is 4. The van der Waals surface area contributed by atoms with Gasteiger partial charge in [-0.05, 0) is 25.5 Å². The van der Waals surface area contributed by atoms with Crippen molar-refractivity contribution in [1.82, 2.24) is 30.2 Å². The van der Waals surface area contributed by atoms with Gasteiger partial charge in [0.2, 0.25) is 0 Å². The van der Waals surface area contributed by atoms with E-state index < -0.39 is 0 Å². The maximum absolute atomic E-state index is 5.91. The van der Waals surface area contributed by atoms with Crippen molar-refractivity contribution in [2.24, 2.45) is 0 Å². The van der Waals surface area contributed by atoms with Crippen LogP contribution in [0.2, 0.25) is 0 Å². The second kappa shape index (κ2) is 5.45. The number of aromatic amines is 1. The topological polar surface area (TPSA) is 105 Å². The zero-order valence-electron chi connectivity index (χ0n) is 12.0. The van der Waals surface area contributed by atoms with Crippen LogP contribution < -0.4 is 11.1 Å². The van der Waals surface area contributed by atoms with E-state index in [1.165, 1.54) is 0 Å². The number of rotatable bonds is 4. The van der Waals surface area contributed by atoms with Crippen LogP contribution in [0.1, 0.15) is 30.0 Å². The number of nitrogens with two attached hydrogens (primary N) is 1. The van der Waals surface area contributed by atoms with Crippen LogP contribution in [0, 0.1) is 6.92 Å². The van der Waals surface area contributed by atoms with Crippen LogP contribution in [0.4, 0.5) is 5.82 Å². The summed E-state index contributed by atoms with van der Waals surface area (Å²) in [6, 6.07) is 3.92. The second-order valence-electron chi connectivity index (χ2n) is 4.94. The molecule has 0 spiro atoms. The Balaban J connectivity index is 1.77. The normalized spacial score (nSPS) is 12.7. The quantitative estimate of drug-likeness (QED) is 0.670. The van der Waals surface area contributed by atoms with Crippen LogP contribution in [-0.4, -0.2) is 24.9 Å². The fraction of sp³-hybridized carbons (Fsp3) is 0.286. The standard InChI is InChI=1S/C14H17N7/c1-8-4-3-5-16-10(8)6-17-9(2)13-20-12(15)11-14(21-13)19-7-18-11/h3-5,7,9,17H,6H2,1-2H3,(H3,15,18,19,20,21). The first-order chi connectivity index (χ1) is 10.1. The molecule has 0 aliphatic rings. The minimum atomic E-state index is -0.0465. The van der Waals surface area contributed by atoms with Crippen molar-refractivity contribution in [1.29, 1.82) is 0 Å². The molecule has 0 amide bonds. The number of pyridine rings is 1. The lowest BCUT2D eigenvalue weighted by Crippen LogP contribution is -2.21. The molecule has 0 saturated heterocycles. The van der Waals surface area contributed by atoms with Gasteiger partial charge in [-0.3, -0.25) is 4.98 Å². The van der Waals surface area contributed by atoms with Crippen LogP contribution in [0.5, 0.6) is 0 Å². The van der Waals surface area contributed by atoms with E-state index in [1.807, 2.05) is 26.0 Å². The summed E-state index contributed by atoms with van der Waals surface area (Å²) in [6.45, 7) is 4.68. The molecule has 3 aromatic heterocycles. The maximum Gasteiger partial charge on any atom is 0.183 e. The Bertz CT molecular complexity index is 765. The number of hydrogen-bond donors (Lipinski definition) is 3. The number of nitrogens with one attached hydrogen (secondary N) is 2. The Morgan fingerprint density at radius 2 is 2.19 bits per heavy atom. The van der Waals surface area contributed by atoms with E-state index >= 15 is 0 Å². The summed E-state index contributed by atoms with van der Waals surface area (Å²) in [5, 5.41) is 3.36.